The number of likely N-dealkylation sites (tertiary alicyclic amines) is 1. The molecule has 1 aliphatic rings. The SMILES string of the molecule is CN=C(NCc1cccc(C(N)=O)c1)N1CCC(C)CC1.I. The molecule has 0 saturated carbocycles. The summed E-state index contributed by atoms with van der Waals surface area (Å²) in [5.41, 5.74) is 6.87. The van der Waals surface area contributed by atoms with Crippen LogP contribution in [0.1, 0.15) is 35.7 Å². The van der Waals surface area contributed by atoms with Gasteiger partial charge < -0.3 is 16.0 Å². The molecule has 0 radical (unpaired) electrons. The average Bonchev–Trinajstić information content (AvgIpc) is 2.50. The van der Waals surface area contributed by atoms with E-state index in [2.05, 4.69) is 22.1 Å². The molecule has 0 aromatic heterocycles. The number of hydrogen-bond acceptors (Lipinski definition) is 2. The van der Waals surface area contributed by atoms with Crippen LogP contribution in [0.3, 0.4) is 0 Å². The van der Waals surface area contributed by atoms with E-state index in [4.69, 9.17) is 5.73 Å². The maximum Gasteiger partial charge on any atom is 0.248 e. The highest BCUT2D eigenvalue weighted by atomic mass is 127. The lowest BCUT2D eigenvalue weighted by molar-refractivity contribution is 0.1000. The van der Waals surface area contributed by atoms with E-state index < -0.39 is 5.91 Å². The van der Waals surface area contributed by atoms with E-state index in [1.807, 2.05) is 18.2 Å². The topological polar surface area (TPSA) is 70.7 Å². The highest BCUT2D eigenvalue weighted by molar-refractivity contribution is 14.0. The minimum absolute atomic E-state index is 0. The lowest BCUT2D eigenvalue weighted by Gasteiger charge is -2.32. The second kappa shape index (κ2) is 8.97. The van der Waals surface area contributed by atoms with Gasteiger partial charge in [0.25, 0.3) is 0 Å². The van der Waals surface area contributed by atoms with Crippen molar-refractivity contribution in [2.45, 2.75) is 26.3 Å². The van der Waals surface area contributed by atoms with Crippen LogP contribution in [-0.2, 0) is 6.54 Å². The number of amides is 1. The van der Waals surface area contributed by atoms with E-state index in [-0.39, 0.29) is 24.0 Å². The number of aliphatic imine (C=N–C) groups is 1. The van der Waals surface area contributed by atoms with Crippen molar-refractivity contribution in [1.29, 1.82) is 0 Å². The van der Waals surface area contributed by atoms with Gasteiger partial charge in [0, 0.05) is 32.2 Å². The minimum Gasteiger partial charge on any atom is -0.366 e. The van der Waals surface area contributed by atoms with E-state index in [0.717, 1.165) is 30.5 Å². The molecular formula is C16H25IN4O. The van der Waals surface area contributed by atoms with Crippen LogP contribution in [-0.4, -0.2) is 36.9 Å². The maximum absolute atomic E-state index is 11.2. The highest BCUT2D eigenvalue weighted by Crippen LogP contribution is 2.16. The molecule has 0 spiro atoms. The number of hydrogen-bond donors (Lipinski definition) is 2. The quantitative estimate of drug-likeness (QED) is 0.451. The van der Waals surface area contributed by atoms with Gasteiger partial charge in [-0.15, -0.1) is 24.0 Å². The number of carbonyl (C=O) groups is 1. The van der Waals surface area contributed by atoms with Crippen molar-refractivity contribution in [1.82, 2.24) is 10.2 Å². The number of benzene rings is 1. The normalized spacial score (nSPS) is 16.1. The van der Waals surface area contributed by atoms with Crippen molar-refractivity contribution in [3.05, 3.63) is 35.4 Å². The number of guanidine groups is 1. The van der Waals surface area contributed by atoms with Crippen molar-refractivity contribution < 1.29 is 4.79 Å². The molecule has 6 heteroatoms. The summed E-state index contributed by atoms with van der Waals surface area (Å²) in [5, 5.41) is 3.36. The third-order valence-electron chi connectivity index (χ3n) is 3.96. The van der Waals surface area contributed by atoms with Crippen molar-refractivity contribution in [3.8, 4) is 0 Å². The number of piperidine rings is 1. The molecule has 1 aromatic rings. The minimum atomic E-state index is -0.397. The number of carbonyl (C=O) groups excluding carboxylic acids is 1. The fourth-order valence-electron chi connectivity index (χ4n) is 2.57. The first kappa shape index (κ1) is 18.7. The second-order valence-corrected chi connectivity index (χ2v) is 5.63. The van der Waals surface area contributed by atoms with Gasteiger partial charge in [-0.05, 0) is 36.5 Å². The van der Waals surface area contributed by atoms with Crippen LogP contribution < -0.4 is 11.1 Å². The van der Waals surface area contributed by atoms with Crippen molar-refractivity contribution >= 4 is 35.8 Å². The third-order valence-corrected chi connectivity index (χ3v) is 3.96. The van der Waals surface area contributed by atoms with Crippen molar-refractivity contribution in [2.75, 3.05) is 20.1 Å². The average molecular weight is 416 g/mol. The Balaban J connectivity index is 0.00000242. The monoisotopic (exact) mass is 416 g/mol. The van der Waals surface area contributed by atoms with Gasteiger partial charge in [0.05, 0.1) is 0 Å². The maximum atomic E-state index is 11.2. The Labute approximate surface area is 149 Å². The standard InChI is InChI=1S/C16H24N4O.HI/c1-12-6-8-20(9-7-12)16(18-2)19-11-13-4-3-5-14(10-13)15(17)21;/h3-5,10,12H,6-9,11H2,1-2H3,(H2,17,21)(H,18,19);1H. The van der Waals surface area contributed by atoms with Crippen LogP contribution in [0.25, 0.3) is 0 Å². The van der Waals surface area contributed by atoms with Crippen LogP contribution in [0.5, 0.6) is 0 Å². The smallest absolute Gasteiger partial charge is 0.248 e. The van der Waals surface area contributed by atoms with Gasteiger partial charge in [-0.1, -0.05) is 19.1 Å². The summed E-state index contributed by atoms with van der Waals surface area (Å²) in [6.07, 6.45) is 2.41. The summed E-state index contributed by atoms with van der Waals surface area (Å²) in [6, 6.07) is 7.38. The number of nitrogens with two attached hydrogens (primary N) is 1. The zero-order valence-corrected chi connectivity index (χ0v) is 15.5. The molecule has 1 amide bonds. The molecule has 0 bridgehead atoms. The summed E-state index contributed by atoms with van der Waals surface area (Å²) in [7, 11) is 1.81. The Morgan fingerprint density at radius 1 is 1.41 bits per heavy atom. The molecule has 1 heterocycles. The Morgan fingerprint density at radius 3 is 2.68 bits per heavy atom. The molecule has 5 nitrogen and oxygen atoms in total. The zero-order valence-electron chi connectivity index (χ0n) is 13.2. The lowest BCUT2D eigenvalue weighted by atomic mass is 9.99. The van der Waals surface area contributed by atoms with Gasteiger partial charge in [0.1, 0.15) is 0 Å². The van der Waals surface area contributed by atoms with E-state index in [9.17, 15) is 4.79 Å². The fourth-order valence-corrected chi connectivity index (χ4v) is 2.57. The number of nitrogens with zero attached hydrogens (tertiary/aromatic N) is 2. The van der Waals surface area contributed by atoms with Gasteiger partial charge >= 0.3 is 0 Å². The Bertz CT molecular complexity index is 525. The first-order valence-corrected chi connectivity index (χ1v) is 7.44. The Hall–Kier alpha value is -1.31. The van der Waals surface area contributed by atoms with E-state index in [1.54, 1.807) is 13.1 Å². The summed E-state index contributed by atoms with van der Waals surface area (Å²) < 4.78 is 0. The predicted octanol–water partition coefficient (Wildman–Crippen LogP) is 2.21. The third kappa shape index (κ3) is 5.15. The molecule has 2 rings (SSSR count). The molecule has 22 heavy (non-hydrogen) atoms. The Morgan fingerprint density at radius 2 is 2.09 bits per heavy atom. The zero-order chi connectivity index (χ0) is 15.2. The van der Waals surface area contributed by atoms with Crippen LogP contribution in [0.4, 0.5) is 0 Å². The molecule has 1 saturated heterocycles. The van der Waals surface area contributed by atoms with Gasteiger partial charge in [-0.25, -0.2) is 0 Å². The van der Waals surface area contributed by atoms with E-state index in [1.165, 1.54) is 12.8 Å². The molecule has 1 fully saturated rings. The van der Waals surface area contributed by atoms with Crippen molar-refractivity contribution in [2.24, 2.45) is 16.6 Å². The molecule has 0 unspecified atom stereocenters. The molecule has 1 aromatic carbocycles. The van der Waals surface area contributed by atoms with E-state index >= 15 is 0 Å². The first-order chi connectivity index (χ1) is 10.1. The largest absolute Gasteiger partial charge is 0.366 e. The molecule has 3 N–H and O–H groups in total. The van der Waals surface area contributed by atoms with Crippen LogP contribution in [0, 0.1) is 5.92 Å². The van der Waals surface area contributed by atoms with Crippen molar-refractivity contribution in [3.63, 3.8) is 0 Å². The van der Waals surface area contributed by atoms with Gasteiger partial charge in [0.2, 0.25) is 5.91 Å². The summed E-state index contributed by atoms with van der Waals surface area (Å²) in [6.45, 7) is 5.02. The second-order valence-electron chi connectivity index (χ2n) is 5.63. The first-order valence-electron chi connectivity index (χ1n) is 7.44. The van der Waals surface area contributed by atoms with E-state index in [0.29, 0.717) is 12.1 Å². The summed E-state index contributed by atoms with van der Waals surface area (Å²) in [4.78, 5) is 17.8. The number of halogens is 1. The molecule has 122 valence electrons. The molecular weight excluding hydrogens is 391 g/mol. The van der Waals surface area contributed by atoms with Crippen LogP contribution in [0.15, 0.2) is 29.3 Å². The van der Waals surface area contributed by atoms with Gasteiger partial charge in [-0.2, -0.15) is 0 Å². The van der Waals surface area contributed by atoms with Crippen LogP contribution in [0.2, 0.25) is 0 Å². The fraction of sp³-hybridized carbons (Fsp3) is 0.500. The van der Waals surface area contributed by atoms with Gasteiger partial charge in [0.15, 0.2) is 5.96 Å². The summed E-state index contributed by atoms with van der Waals surface area (Å²) >= 11 is 0. The molecule has 0 atom stereocenters. The number of nitrogens with one attached hydrogen (secondary N) is 1. The number of rotatable bonds is 3. The van der Waals surface area contributed by atoms with Gasteiger partial charge in [-0.3, -0.25) is 9.79 Å². The summed E-state index contributed by atoms with van der Waals surface area (Å²) in [5.74, 6) is 1.32. The Kier molecular flexibility index (Phi) is 7.64. The predicted molar refractivity (Wildman–Crippen MR) is 101 cm³/mol. The van der Waals surface area contributed by atoms with Crippen LogP contribution >= 0.6 is 24.0 Å². The molecule has 0 aliphatic carbocycles. The molecule has 1 aliphatic heterocycles. The number of primary amides is 1. The highest BCUT2D eigenvalue weighted by Gasteiger charge is 2.18. The lowest BCUT2D eigenvalue weighted by Crippen LogP contribution is -2.45.